The summed E-state index contributed by atoms with van der Waals surface area (Å²) in [6.45, 7) is -0.00360. The Morgan fingerprint density at radius 1 is 1.44 bits per heavy atom. The Balaban J connectivity index is 2.49. The summed E-state index contributed by atoms with van der Waals surface area (Å²) in [6.07, 6.45) is 0.205. The van der Waals surface area contributed by atoms with Gasteiger partial charge in [-0.15, -0.1) is 0 Å². The third kappa shape index (κ3) is 3.65. The third-order valence-corrected chi connectivity index (χ3v) is 1.95. The van der Waals surface area contributed by atoms with Gasteiger partial charge < -0.3 is 5.32 Å². The zero-order chi connectivity index (χ0) is 12.0. The molecule has 1 aromatic carbocycles. The first kappa shape index (κ1) is 12.1. The van der Waals surface area contributed by atoms with E-state index in [4.69, 9.17) is 5.26 Å². The van der Waals surface area contributed by atoms with E-state index in [1.165, 1.54) is 6.07 Å². The molecule has 3 nitrogen and oxygen atoms in total. The monoisotopic (exact) mass is 224 g/mol. The highest BCUT2D eigenvalue weighted by molar-refractivity contribution is 5.76. The van der Waals surface area contributed by atoms with E-state index < -0.39 is 11.6 Å². The quantitative estimate of drug-likeness (QED) is 0.848. The van der Waals surface area contributed by atoms with Crippen LogP contribution in [0.5, 0.6) is 0 Å². The molecule has 16 heavy (non-hydrogen) atoms. The highest BCUT2D eigenvalue weighted by Gasteiger charge is 2.05. The largest absolute Gasteiger partial charge is 0.352 e. The Hall–Kier alpha value is -1.96. The summed E-state index contributed by atoms with van der Waals surface area (Å²) < 4.78 is 25.7. The van der Waals surface area contributed by atoms with E-state index in [0.29, 0.717) is 0 Å². The summed E-state index contributed by atoms with van der Waals surface area (Å²) in [5.74, 6) is -1.68. The van der Waals surface area contributed by atoms with E-state index in [-0.39, 0.29) is 30.9 Å². The van der Waals surface area contributed by atoms with Gasteiger partial charge in [-0.25, -0.2) is 8.78 Å². The average Bonchev–Trinajstić information content (AvgIpc) is 2.25. The number of hydrogen-bond donors (Lipinski definition) is 1. The van der Waals surface area contributed by atoms with Crippen LogP contribution in [0.15, 0.2) is 18.2 Å². The maximum Gasteiger partial charge on any atom is 0.221 e. The van der Waals surface area contributed by atoms with Crippen LogP contribution in [0.2, 0.25) is 0 Å². The minimum atomic E-state index is -0.694. The summed E-state index contributed by atoms with van der Waals surface area (Å²) in [6, 6.07) is 4.99. The number of nitrogens with one attached hydrogen (secondary N) is 1. The summed E-state index contributed by atoms with van der Waals surface area (Å²) in [7, 11) is 0. The van der Waals surface area contributed by atoms with Crippen molar-refractivity contribution in [2.75, 3.05) is 0 Å². The van der Waals surface area contributed by atoms with Crippen LogP contribution in [0.3, 0.4) is 0 Å². The Morgan fingerprint density at radius 3 is 2.81 bits per heavy atom. The normalized spacial score (nSPS) is 9.56. The number of benzene rings is 1. The standard InChI is InChI=1S/C11H10F2N2O/c12-9-4-3-8(10(13)6-9)7-15-11(16)2-1-5-14/h3-4,6H,1-2,7H2,(H,15,16). The zero-order valence-corrected chi connectivity index (χ0v) is 8.46. The lowest BCUT2D eigenvalue weighted by molar-refractivity contribution is -0.121. The van der Waals surface area contributed by atoms with Crippen molar-refractivity contribution >= 4 is 5.91 Å². The molecule has 0 heterocycles. The van der Waals surface area contributed by atoms with Crippen molar-refractivity contribution in [1.82, 2.24) is 5.32 Å². The van der Waals surface area contributed by atoms with Crippen molar-refractivity contribution in [2.45, 2.75) is 19.4 Å². The van der Waals surface area contributed by atoms with Crippen LogP contribution >= 0.6 is 0 Å². The molecule has 0 atom stereocenters. The second kappa shape index (κ2) is 5.81. The number of rotatable bonds is 4. The maximum atomic E-state index is 13.1. The van der Waals surface area contributed by atoms with E-state index in [0.717, 1.165) is 12.1 Å². The number of halogens is 2. The van der Waals surface area contributed by atoms with Gasteiger partial charge in [0, 0.05) is 31.0 Å². The molecule has 1 amide bonds. The molecule has 0 fully saturated rings. The number of nitrogens with zero attached hydrogens (tertiary/aromatic N) is 1. The minimum absolute atomic E-state index is 0.00360. The zero-order valence-electron chi connectivity index (χ0n) is 8.46. The molecule has 0 spiro atoms. The van der Waals surface area contributed by atoms with Gasteiger partial charge in [0.2, 0.25) is 5.91 Å². The molecule has 1 aromatic rings. The summed E-state index contributed by atoms with van der Waals surface area (Å²) in [5.41, 5.74) is 0.215. The maximum absolute atomic E-state index is 13.1. The predicted molar refractivity (Wildman–Crippen MR) is 53.1 cm³/mol. The van der Waals surface area contributed by atoms with Crippen LogP contribution in [0.4, 0.5) is 8.78 Å². The van der Waals surface area contributed by atoms with E-state index in [9.17, 15) is 13.6 Å². The molecule has 84 valence electrons. The number of amides is 1. The first-order chi connectivity index (χ1) is 7.63. The summed E-state index contributed by atoms with van der Waals surface area (Å²) >= 11 is 0. The van der Waals surface area contributed by atoms with Gasteiger partial charge in [0.1, 0.15) is 11.6 Å². The number of carbonyl (C=O) groups is 1. The molecule has 0 unspecified atom stereocenters. The molecule has 5 heteroatoms. The van der Waals surface area contributed by atoms with Crippen molar-refractivity contribution in [1.29, 1.82) is 5.26 Å². The van der Waals surface area contributed by atoms with Crippen molar-refractivity contribution in [3.8, 4) is 6.07 Å². The average molecular weight is 224 g/mol. The van der Waals surface area contributed by atoms with Crippen LogP contribution in [-0.4, -0.2) is 5.91 Å². The van der Waals surface area contributed by atoms with Crippen molar-refractivity contribution in [3.05, 3.63) is 35.4 Å². The lowest BCUT2D eigenvalue weighted by Crippen LogP contribution is -2.22. The summed E-state index contributed by atoms with van der Waals surface area (Å²) in [4.78, 5) is 11.1. The molecule has 0 aliphatic heterocycles. The lowest BCUT2D eigenvalue weighted by Gasteiger charge is -2.05. The molecule has 0 aliphatic rings. The Kier molecular flexibility index (Phi) is 4.40. The van der Waals surface area contributed by atoms with E-state index in [1.54, 1.807) is 0 Å². The number of nitriles is 1. The van der Waals surface area contributed by atoms with Crippen LogP contribution < -0.4 is 5.32 Å². The van der Waals surface area contributed by atoms with Crippen molar-refractivity contribution < 1.29 is 13.6 Å². The minimum Gasteiger partial charge on any atom is -0.352 e. The van der Waals surface area contributed by atoms with Gasteiger partial charge >= 0.3 is 0 Å². The smallest absolute Gasteiger partial charge is 0.221 e. The Morgan fingerprint density at radius 2 is 2.19 bits per heavy atom. The van der Waals surface area contributed by atoms with Crippen LogP contribution in [-0.2, 0) is 11.3 Å². The fourth-order valence-corrected chi connectivity index (χ4v) is 1.12. The molecule has 0 aromatic heterocycles. The van der Waals surface area contributed by atoms with Gasteiger partial charge in [-0.05, 0) is 6.07 Å². The summed E-state index contributed by atoms with van der Waals surface area (Å²) in [5, 5.41) is 10.7. The van der Waals surface area contributed by atoms with Crippen LogP contribution in [0.1, 0.15) is 18.4 Å². The van der Waals surface area contributed by atoms with Crippen LogP contribution in [0, 0.1) is 23.0 Å². The molecule has 0 radical (unpaired) electrons. The number of carbonyl (C=O) groups excluding carboxylic acids is 1. The predicted octanol–water partition coefficient (Wildman–Crippen LogP) is 1.88. The number of hydrogen-bond acceptors (Lipinski definition) is 2. The molecular weight excluding hydrogens is 214 g/mol. The molecule has 0 saturated heterocycles. The van der Waals surface area contributed by atoms with Crippen LogP contribution in [0.25, 0.3) is 0 Å². The molecule has 1 rings (SSSR count). The fraction of sp³-hybridized carbons (Fsp3) is 0.273. The first-order valence-corrected chi connectivity index (χ1v) is 4.71. The Labute approximate surface area is 91.7 Å². The SMILES string of the molecule is N#CCCC(=O)NCc1ccc(F)cc1F. The van der Waals surface area contributed by atoms with E-state index >= 15 is 0 Å². The first-order valence-electron chi connectivity index (χ1n) is 4.71. The highest BCUT2D eigenvalue weighted by Crippen LogP contribution is 2.09. The van der Waals surface area contributed by atoms with Gasteiger partial charge in [-0.2, -0.15) is 5.26 Å². The molecular formula is C11H10F2N2O. The van der Waals surface area contributed by atoms with Gasteiger partial charge in [0.25, 0.3) is 0 Å². The molecule has 1 N–H and O–H groups in total. The fourth-order valence-electron chi connectivity index (χ4n) is 1.12. The molecule has 0 saturated carbocycles. The second-order valence-corrected chi connectivity index (χ2v) is 3.17. The van der Waals surface area contributed by atoms with E-state index in [1.807, 2.05) is 6.07 Å². The third-order valence-electron chi connectivity index (χ3n) is 1.95. The Bertz CT molecular complexity index is 426. The second-order valence-electron chi connectivity index (χ2n) is 3.17. The topological polar surface area (TPSA) is 52.9 Å². The van der Waals surface area contributed by atoms with E-state index in [2.05, 4.69) is 5.32 Å². The van der Waals surface area contributed by atoms with Gasteiger partial charge in [-0.1, -0.05) is 6.07 Å². The van der Waals surface area contributed by atoms with Crippen molar-refractivity contribution in [3.63, 3.8) is 0 Å². The van der Waals surface area contributed by atoms with Gasteiger partial charge in [0.05, 0.1) is 6.07 Å². The lowest BCUT2D eigenvalue weighted by atomic mass is 10.2. The van der Waals surface area contributed by atoms with Crippen molar-refractivity contribution in [2.24, 2.45) is 0 Å². The highest BCUT2D eigenvalue weighted by atomic mass is 19.1. The van der Waals surface area contributed by atoms with Gasteiger partial charge in [-0.3, -0.25) is 4.79 Å². The van der Waals surface area contributed by atoms with Gasteiger partial charge in [0.15, 0.2) is 0 Å². The molecule has 0 aliphatic carbocycles. The molecule has 0 bridgehead atoms.